The molecule has 208 valence electrons. The van der Waals surface area contributed by atoms with Crippen LogP contribution in [-0.2, 0) is 27.9 Å². The molecule has 0 unspecified atom stereocenters. The van der Waals surface area contributed by atoms with Crippen LogP contribution >= 0.6 is 11.6 Å². The average molecular weight is 547 g/mol. The van der Waals surface area contributed by atoms with Crippen molar-refractivity contribution in [3.8, 4) is 17.0 Å². The number of esters is 1. The second-order valence-electron chi connectivity index (χ2n) is 10.7. The standard InChI is InChI=1S/C28H39ClN4O5/c1-17(2)37-27(34)19-9-8-12-21(15-19)38-24-14-13-22(30-18(24)3)25-23(33(5)31-26(25)29)16-36-28(35)32(4)20-10-6-7-11-20/h13-14,17,19-21H,6-12,15-16H2,1-5H3/t19-,21-/m0/s1. The molecule has 38 heavy (non-hydrogen) atoms. The number of rotatable bonds is 8. The molecule has 0 aliphatic heterocycles. The van der Waals surface area contributed by atoms with Crippen molar-refractivity contribution in [2.75, 3.05) is 7.05 Å². The van der Waals surface area contributed by atoms with E-state index in [1.807, 2.05) is 32.9 Å². The lowest BCUT2D eigenvalue weighted by atomic mass is 9.87. The highest BCUT2D eigenvalue weighted by molar-refractivity contribution is 6.32. The molecular formula is C28H39ClN4O5. The summed E-state index contributed by atoms with van der Waals surface area (Å²) in [7, 11) is 3.56. The highest BCUT2D eigenvalue weighted by atomic mass is 35.5. The van der Waals surface area contributed by atoms with Crippen molar-refractivity contribution in [3.63, 3.8) is 0 Å². The first-order valence-corrected chi connectivity index (χ1v) is 14.0. The molecule has 9 nitrogen and oxygen atoms in total. The fourth-order valence-electron chi connectivity index (χ4n) is 5.40. The second kappa shape index (κ2) is 12.4. The number of aromatic nitrogens is 3. The van der Waals surface area contributed by atoms with E-state index in [2.05, 4.69) is 5.10 Å². The molecule has 2 atom stereocenters. The molecule has 0 saturated heterocycles. The third-order valence-corrected chi connectivity index (χ3v) is 7.78. The van der Waals surface area contributed by atoms with Gasteiger partial charge in [-0.15, -0.1) is 0 Å². The molecule has 0 N–H and O–H groups in total. The minimum absolute atomic E-state index is 0.0381. The van der Waals surface area contributed by atoms with Crippen molar-refractivity contribution in [2.45, 2.75) is 97.0 Å². The van der Waals surface area contributed by atoms with E-state index in [1.165, 1.54) is 0 Å². The van der Waals surface area contributed by atoms with E-state index in [0.717, 1.165) is 44.9 Å². The third-order valence-electron chi connectivity index (χ3n) is 7.51. The summed E-state index contributed by atoms with van der Waals surface area (Å²) in [6.07, 6.45) is 7.00. The fraction of sp³-hybridized carbons (Fsp3) is 0.643. The number of amides is 1. The number of pyridine rings is 1. The Labute approximate surface area is 229 Å². The van der Waals surface area contributed by atoms with Crippen LogP contribution in [0.25, 0.3) is 11.3 Å². The molecule has 2 aliphatic carbocycles. The van der Waals surface area contributed by atoms with E-state index in [-0.39, 0.29) is 42.8 Å². The molecule has 1 amide bonds. The van der Waals surface area contributed by atoms with Crippen LogP contribution in [0.1, 0.15) is 76.6 Å². The number of halogens is 1. The van der Waals surface area contributed by atoms with E-state index in [1.54, 1.807) is 23.7 Å². The quantitative estimate of drug-likeness (QED) is 0.383. The van der Waals surface area contributed by atoms with Gasteiger partial charge in [-0.05, 0) is 71.4 Å². The lowest BCUT2D eigenvalue weighted by Gasteiger charge is -2.29. The van der Waals surface area contributed by atoms with E-state index in [0.29, 0.717) is 40.0 Å². The predicted octanol–water partition coefficient (Wildman–Crippen LogP) is 5.84. The Morgan fingerprint density at radius 3 is 2.58 bits per heavy atom. The van der Waals surface area contributed by atoms with Crippen molar-refractivity contribution in [1.29, 1.82) is 0 Å². The Bertz CT molecular complexity index is 1140. The van der Waals surface area contributed by atoms with E-state index < -0.39 is 0 Å². The molecule has 2 fully saturated rings. The lowest BCUT2D eigenvalue weighted by Crippen LogP contribution is -2.35. The van der Waals surface area contributed by atoms with Crippen LogP contribution in [0, 0.1) is 12.8 Å². The molecule has 2 saturated carbocycles. The van der Waals surface area contributed by atoms with Crippen LogP contribution in [0.2, 0.25) is 5.15 Å². The Morgan fingerprint density at radius 2 is 1.89 bits per heavy atom. The molecule has 0 spiro atoms. The largest absolute Gasteiger partial charge is 0.489 e. The number of carbonyl (C=O) groups is 2. The number of nitrogens with zero attached hydrogens (tertiary/aromatic N) is 4. The summed E-state index contributed by atoms with van der Waals surface area (Å²) in [5.74, 6) is 0.381. The normalized spacial score (nSPS) is 20.0. The van der Waals surface area contributed by atoms with Gasteiger partial charge in [0.05, 0.1) is 40.8 Å². The van der Waals surface area contributed by atoms with Gasteiger partial charge in [0.15, 0.2) is 5.15 Å². The molecule has 0 bridgehead atoms. The molecule has 2 heterocycles. The zero-order valence-corrected chi connectivity index (χ0v) is 23.8. The highest BCUT2D eigenvalue weighted by Crippen LogP contribution is 2.34. The minimum atomic E-state index is -0.351. The van der Waals surface area contributed by atoms with Crippen molar-refractivity contribution in [2.24, 2.45) is 13.0 Å². The lowest BCUT2D eigenvalue weighted by molar-refractivity contribution is -0.154. The van der Waals surface area contributed by atoms with Gasteiger partial charge < -0.3 is 19.1 Å². The summed E-state index contributed by atoms with van der Waals surface area (Å²) >= 11 is 6.50. The van der Waals surface area contributed by atoms with Crippen LogP contribution in [0.5, 0.6) is 5.75 Å². The second-order valence-corrected chi connectivity index (χ2v) is 11.1. The smallest absolute Gasteiger partial charge is 0.410 e. The molecule has 2 aliphatic rings. The van der Waals surface area contributed by atoms with Gasteiger partial charge in [-0.25, -0.2) is 9.78 Å². The maximum Gasteiger partial charge on any atom is 0.410 e. The summed E-state index contributed by atoms with van der Waals surface area (Å²) in [4.78, 5) is 31.5. The summed E-state index contributed by atoms with van der Waals surface area (Å²) in [5, 5.41) is 4.63. The first-order chi connectivity index (χ1) is 18.1. The first kappa shape index (κ1) is 28.2. The zero-order chi connectivity index (χ0) is 27.4. The van der Waals surface area contributed by atoms with Gasteiger partial charge in [-0.1, -0.05) is 24.4 Å². The molecule has 10 heteroatoms. The first-order valence-electron chi connectivity index (χ1n) is 13.6. The molecule has 0 radical (unpaired) electrons. The van der Waals surface area contributed by atoms with E-state index in [9.17, 15) is 9.59 Å². The van der Waals surface area contributed by atoms with Gasteiger partial charge in [0.1, 0.15) is 12.4 Å². The van der Waals surface area contributed by atoms with Crippen LogP contribution in [0.3, 0.4) is 0 Å². The monoisotopic (exact) mass is 546 g/mol. The Kier molecular flexibility index (Phi) is 9.18. The highest BCUT2D eigenvalue weighted by Gasteiger charge is 2.31. The predicted molar refractivity (Wildman–Crippen MR) is 144 cm³/mol. The molecule has 0 aromatic carbocycles. The van der Waals surface area contributed by atoms with Gasteiger partial charge >= 0.3 is 12.1 Å². The molecule has 2 aromatic rings. The number of ether oxygens (including phenoxy) is 3. The third kappa shape index (κ3) is 6.60. The Morgan fingerprint density at radius 1 is 1.16 bits per heavy atom. The maximum atomic E-state index is 12.7. The van der Waals surface area contributed by atoms with Gasteiger partial charge in [0.25, 0.3) is 0 Å². The van der Waals surface area contributed by atoms with Crippen LogP contribution < -0.4 is 4.74 Å². The molecular weight excluding hydrogens is 508 g/mol. The van der Waals surface area contributed by atoms with Gasteiger partial charge in [-0.2, -0.15) is 5.10 Å². The summed E-state index contributed by atoms with van der Waals surface area (Å²) in [6.45, 7) is 5.65. The number of hydrogen-bond acceptors (Lipinski definition) is 7. The van der Waals surface area contributed by atoms with Gasteiger partial charge in [0.2, 0.25) is 0 Å². The fourth-order valence-corrected chi connectivity index (χ4v) is 5.72. The average Bonchev–Trinajstić information content (AvgIpc) is 3.51. The number of aryl methyl sites for hydroxylation is 2. The maximum absolute atomic E-state index is 12.7. The van der Waals surface area contributed by atoms with Crippen LogP contribution in [0.15, 0.2) is 12.1 Å². The summed E-state index contributed by atoms with van der Waals surface area (Å²) in [5.41, 5.74) is 2.64. The minimum Gasteiger partial charge on any atom is -0.489 e. The zero-order valence-electron chi connectivity index (χ0n) is 23.0. The summed E-state index contributed by atoms with van der Waals surface area (Å²) < 4.78 is 19.0. The topological polar surface area (TPSA) is 95.8 Å². The van der Waals surface area contributed by atoms with Gasteiger partial charge in [-0.3, -0.25) is 9.48 Å². The van der Waals surface area contributed by atoms with Crippen molar-refractivity contribution < 1.29 is 23.8 Å². The molecule has 2 aromatic heterocycles. The van der Waals surface area contributed by atoms with Crippen molar-refractivity contribution >= 4 is 23.7 Å². The summed E-state index contributed by atoms with van der Waals surface area (Å²) in [6, 6.07) is 3.95. The van der Waals surface area contributed by atoms with Crippen LogP contribution in [-0.4, -0.2) is 57.0 Å². The van der Waals surface area contributed by atoms with E-state index >= 15 is 0 Å². The van der Waals surface area contributed by atoms with E-state index in [4.69, 9.17) is 30.8 Å². The Balaban J connectivity index is 1.44. The number of hydrogen-bond donors (Lipinski definition) is 0. The molecule has 4 rings (SSSR count). The SMILES string of the molecule is Cc1nc(-c2c(Cl)nn(C)c2COC(=O)N(C)C2CCCC2)ccc1O[C@H]1CCC[C@H](C(=O)OC(C)C)C1. The van der Waals surface area contributed by atoms with Crippen LogP contribution in [0.4, 0.5) is 4.79 Å². The number of carbonyl (C=O) groups excluding carboxylic acids is 2. The van der Waals surface area contributed by atoms with Crippen molar-refractivity contribution in [1.82, 2.24) is 19.7 Å². The Hall–Kier alpha value is -2.81. The van der Waals surface area contributed by atoms with Crippen molar-refractivity contribution in [3.05, 3.63) is 28.7 Å². The van der Waals surface area contributed by atoms with Gasteiger partial charge in [0, 0.05) is 20.1 Å².